The number of methoxy groups -OCH3 is 2. The highest BCUT2D eigenvalue weighted by Gasteiger charge is 2.33. The van der Waals surface area contributed by atoms with Crippen molar-refractivity contribution in [2.24, 2.45) is 0 Å². The van der Waals surface area contributed by atoms with Gasteiger partial charge in [-0.2, -0.15) is 0 Å². The van der Waals surface area contributed by atoms with Crippen LogP contribution in [-0.2, 0) is 4.74 Å². The normalized spacial score (nSPS) is 15.4. The number of amides is 1. The number of anilines is 1. The summed E-state index contributed by atoms with van der Waals surface area (Å²) in [6, 6.07) is 9.15. The SMILES string of the molecule is COc1cccc([C@H](c2c(NC(=O)c3ccco3)sc(C)c2C)N2CCOCC2)c1OC. The molecule has 1 aromatic carbocycles. The van der Waals surface area contributed by atoms with Gasteiger partial charge in [0.15, 0.2) is 17.3 Å². The molecule has 0 saturated carbocycles. The second-order valence-corrected chi connectivity index (χ2v) is 8.82. The molecule has 170 valence electrons. The number of para-hydroxylation sites is 1. The Morgan fingerprint density at radius 3 is 2.56 bits per heavy atom. The van der Waals surface area contributed by atoms with E-state index in [9.17, 15) is 4.79 Å². The zero-order valence-corrected chi connectivity index (χ0v) is 19.6. The second-order valence-electron chi connectivity index (χ2n) is 7.59. The summed E-state index contributed by atoms with van der Waals surface area (Å²) in [4.78, 5) is 16.4. The highest BCUT2D eigenvalue weighted by atomic mass is 32.1. The maximum Gasteiger partial charge on any atom is 0.291 e. The third-order valence-corrected chi connectivity index (χ3v) is 6.95. The fourth-order valence-corrected chi connectivity index (χ4v) is 5.22. The van der Waals surface area contributed by atoms with Gasteiger partial charge in [-0.1, -0.05) is 12.1 Å². The number of aryl methyl sites for hydroxylation is 1. The van der Waals surface area contributed by atoms with E-state index in [2.05, 4.69) is 30.1 Å². The average molecular weight is 457 g/mol. The number of rotatable bonds is 7. The van der Waals surface area contributed by atoms with Gasteiger partial charge < -0.3 is 23.9 Å². The van der Waals surface area contributed by atoms with E-state index in [1.165, 1.54) is 6.26 Å². The van der Waals surface area contributed by atoms with Crippen LogP contribution < -0.4 is 14.8 Å². The Hall–Kier alpha value is -2.81. The molecule has 1 atom stereocenters. The highest BCUT2D eigenvalue weighted by Crippen LogP contribution is 2.46. The van der Waals surface area contributed by atoms with Crippen molar-refractivity contribution in [2.75, 3.05) is 45.8 Å². The lowest BCUT2D eigenvalue weighted by molar-refractivity contribution is 0.0235. The summed E-state index contributed by atoms with van der Waals surface area (Å²) in [6.07, 6.45) is 1.50. The first kappa shape index (κ1) is 22.4. The van der Waals surface area contributed by atoms with Crippen LogP contribution in [0.4, 0.5) is 5.00 Å². The number of hydrogen-bond acceptors (Lipinski definition) is 7. The third kappa shape index (κ3) is 4.26. The third-order valence-electron chi connectivity index (χ3n) is 5.82. The van der Waals surface area contributed by atoms with Crippen molar-refractivity contribution in [3.63, 3.8) is 0 Å². The van der Waals surface area contributed by atoms with Crippen molar-refractivity contribution in [1.82, 2.24) is 4.90 Å². The molecule has 1 aliphatic rings. The maximum absolute atomic E-state index is 12.8. The van der Waals surface area contributed by atoms with Crippen LogP contribution in [0.25, 0.3) is 0 Å². The first-order valence-corrected chi connectivity index (χ1v) is 11.3. The molecule has 0 aliphatic carbocycles. The minimum absolute atomic E-state index is 0.138. The van der Waals surface area contributed by atoms with Gasteiger partial charge in [0, 0.05) is 29.1 Å². The Morgan fingerprint density at radius 2 is 1.91 bits per heavy atom. The maximum atomic E-state index is 12.8. The number of benzene rings is 1. The molecule has 1 amide bonds. The van der Waals surface area contributed by atoms with E-state index in [1.807, 2.05) is 12.1 Å². The molecule has 7 nitrogen and oxygen atoms in total. The van der Waals surface area contributed by atoms with Gasteiger partial charge in [-0.25, -0.2) is 0 Å². The van der Waals surface area contributed by atoms with Gasteiger partial charge in [0.05, 0.1) is 39.7 Å². The number of hydrogen-bond donors (Lipinski definition) is 1. The number of morpholine rings is 1. The smallest absolute Gasteiger partial charge is 0.291 e. The Labute approximate surface area is 191 Å². The summed E-state index contributed by atoms with van der Waals surface area (Å²) in [7, 11) is 3.30. The number of ether oxygens (including phenoxy) is 3. The van der Waals surface area contributed by atoms with Crippen LogP contribution in [0.3, 0.4) is 0 Å². The predicted molar refractivity (Wildman–Crippen MR) is 124 cm³/mol. The fraction of sp³-hybridized carbons (Fsp3) is 0.375. The van der Waals surface area contributed by atoms with E-state index >= 15 is 0 Å². The molecule has 2 aromatic heterocycles. The van der Waals surface area contributed by atoms with E-state index in [1.54, 1.807) is 37.7 Å². The number of carbonyl (C=O) groups excluding carboxylic acids is 1. The molecule has 4 rings (SSSR count). The molecular formula is C24H28N2O5S. The molecule has 8 heteroatoms. The van der Waals surface area contributed by atoms with Crippen molar-refractivity contribution in [2.45, 2.75) is 19.9 Å². The number of nitrogens with one attached hydrogen (secondary N) is 1. The van der Waals surface area contributed by atoms with Crippen molar-refractivity contribution < 1.29 is 23.4 Å². The van der Waals surface area contributed by atoms with Gasteiger partial charge in [-0.3, -0.25) is 9.69 Å². The van der Waals surface area contributed by atoms with E-state index < -0.39 is 0 Å². The summed E-state index contributed by atoms with van der Waals surface area (Å²) >= 11 is 1.57. The molecule has 1 aliphatic heterocycles. The molecule has 1 saturated heterocycles. The Kier molecular flexibility index (Phi) is 6.83. The largest absolute Gasteiger partial charge is 0.493 e. The molecule has 1 fully saturated rings. The summed E-state index contributed by atoms with van der Waals surface area (Å²) in [5.41, 5.74) is 3.19. The van der Waals surface area contributed by atoms with Gasteiger partial charge in [0.25, 0.3) is 5.91 Å². The van der Waals surface area contributed by atoms with Crippen LogP contribution in [0.2, 0.25) is 0 Å². The quantitative estimate of drug-likeness (QED) is 0.558. The number of carbonyl (C=O) groups is 1. The Balaban J connectivity index is 1.85. The number of thiophene rings is 1. The first-order chi connectivity index (χ1) is 15.5. The Bertz CT molecular complexity index is 1070. The summed E-state index contributed by atoms with van der Waals surface area (Å²) in [6.45, 7) is 7.02. The lowest BCUT2D eigenvalue weighted by Crippen LogP contribution is -2.40. The van der Waals surface area contributed by atoms with Crippen molar-refractivity contribution in [3.05, 3.63) is 63.9 Å². The molecule has 32 heavy (non-hydrogen) atoms. The fourth-order valence-electron chi connectivity index (χ4n) is 4.14. The minimum atomic E-state index is -0.268. The van der Waals surface area contributed by atoms with E-state index in [-0.39, 0.29) is 17.7 Å². The number of furan rings is 1. The zero-order chi connectivity index (χ0) is 22.7. The summed E-state index contributed by atoms with van der Waals surface area (Å²) in [5, 5.41) is 3.89. The van der Waals surface area contributed by atoms with Crippen LogP contribution in [0.15, 0.2) is 41.0 Å². The van der Waals surface area contributed by atoms with Gasteiger partial charge in [0.1, 0.15) is 5.00 Å². The second kappa shape index (κ2) is 9.77. The minimum Gasteiger partial charge on any atom is -0.493 e. The topological polar surface area (TPSA) is 73.2 Å². The van der Waals surface area contributed by atoms with E-state index in [0.29, 0.717) is 24.7 Å². The lowest BCUT2D eigenvalue weighted by atomic mass is 9.93. The van der Waals surface area contributed by atoms with Gasteiger partial charge >= 0.3 is 0 Å². The first-order valence-electron chi connectivity index (χ1n) is 10.5. The molecular weight excluding hydrogens is 428 g/mol. The van der Waals surface area contributed by atoms with Crippen molar-refractivity contribution in [1.29, 1.82) is 0 Å². The lowest BCUT2D eigenvalue weighted by Gasteiger charge is -2.36. The molecule has 1 N–H and O–H groups in total. The predicted octanol–water partition coefficient (Wildman–Crippen LogP) is 4.65. The van der Waals surface area contributed by atoms with Crippen LogP contribution >= 0.6 is 11.3 Å². The van der Waals surface area contributed by atoms with Crippen LogP contribution in [-0.4, -0.2) is 51.3 Å². The molecule has 0 radical (unpaired) electrons. The van der Waals surface area contributed by atoms with Crippen LogP contribution in [0.1, 0.15) is 38.2 Å². The number of nitrogens with zero attached hydrogens (tertiary/aromatic N) is 1. The summed E-state index contributed by atoms with van der Waals surface area (Å²) in [5.74, 6) is 1.38. The van der Waals surface area contributed by atoms with Crippen molar-refractivity contribution >= 4 is 22.2 Å². The molecule has 3 heterocycles. The zero-order valence-electron chi connectivity index (χ0n) is 18.8. The van der Waals surface area contributed by atoms with Crippen molar-refractivity contribution in [3.8, 4) is 11.5 Å². The summed E-state index contributed by atoms with van der Waals surface area (Å²) < 4.78 is 22.3. The standard InChI is InChI=1S/C24H28N2O5S/c1-15-16(2)32-24(25-23(27)19-9-6-12-31-19)20(15)21(26-10-13-30-14-11-26)17-7-5-8-18(28-3)22(17)29-4/h5-9,12,21H,10-11,13-14H2,1-4H3,(H,25,27)/t21-/m1/s1. The highest BCUT2D eigenvalue weighted by molar-refractivity contribution is 7.16. The van der Waals surface area contributed by atoms with E-state index in [4.69, 9.17) is 18.6 Å². The van der Waals surface area contributed by atoms with Crippen LogP contribution in [0.5, 0.6) is 11.5 Å². The van der Waals surface area contributed by atoms with Gasteiger partial charge in [-0.15, -0.1) is 11.3 Å². The Morgan fingerprint density at radius 1 is 1.12 bits per heavy atom. The molecule has 0 unspecified atom stereocenters. The average Bonchev–Trinajstić information content (AvgIpc) is 3.45. The van der Waals surface area contributed by atoms with E-state index in [0.717, 1.165) is 39.7 Å². The molecule has 0 bridgehead atoms. The van der Waals surface area contributed by atoms with Gasteiger partial charge in [0.2, 0.25) is 0 Å². The van der Waals surface area contributed by atoms with Crippen LogP contribution in [0, 0.1) is 13.8 Å². The van der Waals surface area contributed by atoms with Gasteiger partial charge in [-0.05, 0) is 37.6 Å². The molecule has 3 aromatic rings. The monoisotopic (exact) mass is 456 g/mol. The molecule has 0 spiro atoms.